The first-order chi connectivity index (χ1) is 14.4. The molecule has 2 aromatic carbocycles. The quantitative estimate of drug-likeness (QED) is 0.301. The third-order valence-electron chi connectivity index (χ3n) is 3.43. The van der Waals surface area contributed by atoms with Crippen LogP contribution in [0.4, 0.5) is 0 Å². The lowest BCUT2D eigenvalue weighted by Gasteiger charge is -2.06. The Hall–Kier alpha value is -3.19. The summed E-state index contributed by atoms with van der Waals surface area (Å²) in [6.45, 7) is 1.92. The molecule has 31 heavy (non-hydrogen) atoms. The number of rotatable bonds is 10. The maximum absolute atomic E-state index is 12.5. The SMILES string of the molecule is CCOC(=Cc1ccc(OS(=O)(=O)O)cc1)C(=O)C=Cc1ccc(OS(=O)(=O)O)cc1. The molecule has 0 fully saturated rings. The number of hydrogen-bond donors (Lipinski definition) is 2. The zero-order chi connectivity index (χ0) is 23.1. The maximum Gasteiger partial charge on any atom is 0.446 e. The minimum Gasteiger partial charge on any atom is -0.490 e. The smallest absolute Gasteiger partial charge is 0.446 e. The summed E-state index contributed by atoms with van der Waals surface area (Å²) in [5.41, 5.74) is 1.07. The molecule has 2 aromatic rings. The molecule has 0 amide bonds. The van der Waals surface area contributed by atoms with Gasteiger partial charge in [-0.25, -0.2) is 0 Å². The molecule has 0 saturated heterocycles. The highest BCUT2D eigenvalue weighted by atomic mass is 32.3. The Morgan fingerprint density at radius 3 is 1.71 bits per heavy atom. The molecule has 0 spiro atoms. The summed E-state index contributed by atoms with van der Waals surface area (Å²) in [7, 11) is -9.26. The lowest BCUT2D eigenvalue weighted by Crippen LogP contribution is -2.06. The van der Waals surface area contributed by atoms with Crippen LogP contribution in [0.2, 0.25) is 0 Å². The Bertz CT molecular complexity index is 1180. The number of carbonyl (C=O) groups excluding carboxylic acids is 1. The largest absolute Gasteiger partial charge is 0.490 e. The van der Waals surface area contributed by atoms with Crippen molar-refractivity contribution >= 4 is 38.7 Å². The van der Waals surface area contributed by atoms with E-state index >= 15 is 0 Å². The second-order valence-corrected chi connectivity index (χ2v) is 7.84. The molecule has 2 rings (SSSR count). The molecule has 10 nitrogen and oxygen atoms in total. The van der Waals surface area contributed by atoms with Crippen LogP contribution in [0.5, 0.6) is 11.5 Å². The van der Waals surface area contributed by atoms with E-state index < -0.39 is 26.6 Å². The number of hydrogen-bond acceptors (Lipinski definition) is 8. The van der Waals surface area contributed by atoms with Crippen molar-refractivity contribution < 1.29 is 43.8 Å². The summed E-state index contributed by atoms with van der Waals surface area (Å²) in [5, 5.41) is 0. The van der Waals surface area contributed by atoms with Crippen molar-refractivity contribution in [3.8, 4) is 11.5 Å². The van der Waals surface area contributed by atoms with E-state index in [0.29, 0.717) is 11.1 Å². The predicted octanol–water partition coefficient (Wildman–Crippen LogP) is 2.71. The molecular formula is C19H18O10S2. The first kappa shape index (κ1) is 24.1. The van der Waals surface area contributed by atoms with Gasteiger partial charge in [0, 0.05) is 0 Å². The highest BCUT2D eigenvalue weighted by Gasteiger charge is 2.10. The van der Waals surface area contributed by atoms with Gasteiger partial charge in [-0.05, 0) is 54.5 Å². The van der Waals surface area contributed by atoms with Crippen molar-refractivity contribution in [2.45, 2.75) is 6.92 Å². The number of ether oxygens (including phenoxy) is 1. The number of carbonyl (C=O) groups is 1. The number of allylic oxidation sites excluding steroid dienone is 1. The van der Waals surface area contributed by atoms with E-state index in [-0.39, 0.29) is 23.9 Å². The van der Waals surface area contributed by atoms with Gasteiger partial charge in [-0.3, -0.25) is 13.9 Å². The Labute approximate surface area is 179 Å². The molecule has 2 N–H and O–H groups in total. The van der Waals surface area contributed by atoms with E-state index in [9.17, 15) is 21.6 Å². The average molecular weight is 470 g/mol. The van der Waals surface area contributed by atoms with Crippen LogP contribution in [0.3, 0.4) is 0 Å². The minimum atomic E-state index is -4.63. The van der Waals surface area contributed by atoms with Gasteiger partial charge >= 0.3 is 20.8 Å². The van der Waals surface area contributed by atoms with Crippen LogP contribution in [0, 0.1) is 0 Å². The van der Waals surface area contributed by atoms with Crippen LogP contribution < -0.4 is 8.37 Å². The Kier molecular flexibility index (Phi) is 7.94. The van der Waals surface area contributed by atoms with Gasteiger partial charge in [-0.2, -0.15) is 16.8 Å². The molecule has 0 radical (unpaired) electrons. The standard InChI is InChI=1S/C19H18O10S2/c1-2-27-19(13-15-5-10-17(11-6-15)29-31(24,25)26)18(20)12-7-14-3-8-16(9-4-14)28-30(21,22)23/h3-13H,2H2,1H3,(H,21,22,23)(H,24,25,26). The van der Waals surface area contributed by atoms with Gasteiger partial charge in [-0.1, -0.05) is 30.3 Å². The lowest BCUT2D eigenvalue weighted by molar-refractivity contribution is -0.114. The maximum atomic E-state index is 12.5. The van der Waals surface area contributed by atoms with Gasteiger partial charge in [0.2, 0.25) is 5.78 Å². The fraction of sp³-hybridized carbons (Fsp3) is 0.105. The molecule has 0 aliphatic heterocycles. The van der Waals surface area contributed by atoms with Crippen molar-refractivity contribution in [2.75, 3.05) is 6.61 Å². The van der Waals surface area contributed by atoms with Gasteiger partial charge < -0.3 is 13.1 Å². The third-order valence-corrected chi connectivity index (χ3v) is 4.24. The van der Waals surface area contributed by atoms with E-state index in [4.69, 9.17) is 13.8 Å². The summed E-state index contributed by atoms with van der Waals surface area (Å²) in [4.78, 5) is 12.5. The van der Waals surface area contributed by atoms with Gasteiger partial charge in [0.25, 0.3) is 0 Å². The molecule has 166 valence electrons. The molecule has 0 atom stereocenters. The van der Waals surface area contributed by atoms with E-state index in [0.717, 1.165) is 0 Å². The summed E-state index contributed by atoms with van der Waals surface area (Å²) in [6, 6.07) is 11.1. The second kappa shape index (κ2) is 10.2. The molecule has 0 aliphatic rings. The summed E-state index contributed by atoms with van der Waals surface area (Å²) < 4.78 is 74.1. The highest BCUT2D eigenvalue weighted by Crippen LogP contribution is 2.18. The topological polar surface area (TPSA) is 154 Å². The van der Waals surface area contributed by atoms with Crippen molar-refractivity contribution in [2.24, 2.45) is 0 Å². The second-order valence-electron chi connectivity index (χ2n) is 5.80. The fourth-order valence-corrected chi connectivity index (χ4v) is 2.95. The van der Waals surface area contributed by atoms with Crippen LogP contribution in [0.15, 0.2) is 60.4 Å². The molecule has 12 heteroatoms. The molecule has 0 saturated carbocycles. The van der Waals surface area contributed by atoms with Crippen LogP contribution in [0.25, 0.3) is 12.2 Å². The number of benzene rings is 2. The van der Waals surface area contributed by atoms with Crippen molar-refractivity contribution in [1.82, 2.24) is 0 Å². The van der Waals surface area contributed by atoms with Gasteiger partial charge in [0.15, 0.2) is 5.76 Å². The Morgan fingerprint density at radius 1 is 0.839 bits per heavy atom. The van der Waals surface area contributed by atoms with Gasteiger partial charge in [0.1, 0.15) is 11.5 Å². The fourth-order valence-electron chi connectivity index (χ4n) is 2.24. The minimum absolute atomic E-state index is 0.0218. The molecule has 0 aromatic heterocycles. The zero-order valence-corrected chi connectivity index (χ0v) is 17.7. The monoisotopic (exact) mass is 470 g/mol. The van der Waals surface area contributed by atoms with Crippen LogP contribution in [-0.4, -0.2) is 38.3 Å². The van der Waals surface area contributed by atoms with E-state index in [1.165, 1.54) is 66.8 Å². The third kappa shape index (κ3) is 9.00. The first-order valence-electron chi connectivity index (χ1n) is 8.56. The molecule has 0 heterocycles. The first-order valence-corrected chi connectivity index (χ1v) is 11.3. The normalized spacial score (nSPS) is 12.5. The van der Waals surface area contributed by atoms with Crippen LogP contribution in [-0.2, 0) is 30.3 Å². The Balaban J connectivity index is 2.14. The van der Waals surface area contributed by atoms with Crippen molar-refractivity contribution in [3.63, 3.8) is 0 Å². The zero-order valence-electron chi connectivity index (χ0n) is 16.0. The molecular weight excluding hydrogens is 452 g/mol. The Morgan fingerprint density at radius 2 is 1.29 bits per heavy atom. The molecule has 0 aliphatic carbocycles. The van der Waals surface area contributed by atoms with Gasteiger partial charge in [0.05, 0.1) is 6.61 Å². The molecule has 0 bridgehead atoms. The summed E-state index contributed by atoms with van der Waals surface area (Å²) >= 11 is 0. The van der Waals surface area contributed by atoms with E-state index in [1.54, 1.807) is 6.92 Å². The summed E-state index contributed by atoms with van der Waals surface area (Å²) in [5.74, 6) is -0.639. The molecule has 0 unspecified atom stereocenters. The van der Waals surface area contributed by atoms with E-state index in [2.05, 4.69) is 8.37 Å². The van der Waals surface area contributed by atoms with Crippen LogP contribution in [0.1, 0.15) is 18.1 Å². The van der Waals surface area contributed by atoms with E-state index in [1.807, 2.05) is 0 Å². The highest BCUT2D eigenvalue weighted by molar-refractivity contribution is 7.81. The van der Waals surface area contributed by atoms with Crippen molar-refractivity contribution in [3.05, 3.63) is 71.5 Å². The summed E-state index contributed by atoms with van der Waals surface area (Å²) in [6.07, 6.45) is 4.15. The lowest BCUT2D eigenvalue weighted by atomic mass is 10.1. The van der Waals surface area contributed by atoms with Crippen molar-refractivity contribution in [1.29, 1.82) is 0 Å². The predicted molar refractivity (Wildman–Crippen MR) is 111 cm³/mol. The average Bonchev–Trinajstić information content (AvgIpc) is 2.66. The van der Waals surface area contributed by atoms with Crippen LogP contribution >= 0.6 is 0 Å². The number of ketones is 1. The van der Waals surface area contributed by atoms with Gasteiger partial charge in [-0.15, -0.1) is 0 Å².